The summed E-state index contributed by atoms with van der Waals surface area (Å²) in [5, 5.41) is 0. The number of nitrogens with zero attached hydrogens (tertiary/aromatic N) is 1. The Morgan fingerprint density at radius 1 is 1.38 bits per heavy atom. The second-order valence-electron chi connectivity index (χ2n) is 4.71. The third-order valence-corrected chi connectivity index (χ3v) is 4.15. The van der Waals surface area contributed by atoms with Crippen LogP contribution in [0.1, 0.15) is 13.8 Å². The van der Waals surface area contributed by atoms with Crippen molar-refractivity contribution in [3.8, 4) is 0 Å². The lowest BCUT2D eigenvalue weighted by Crippen LogP contribution is -2.49. The van der Waals surface area contributed by atoms with Crippen LogP contribution in [0.25, 0.3) is 0 Å². The van der Waals surface area contributed by atoms with Crippen molar-refractivity contribution in [2.24, 2.45) is 11.1 Å². The van der Waals surface area contributed by atoms with E-state index in [1.165, 1.54) is 4.31 Å². The van der Waals surface area contributed by atoms with Crippen LogP contribution in [0.5, 0.6) is 0 Å². The Morgan fingerprint density at radius 3 is 2.44 bits per heavy atom. The van der Waals surface area contributed by atoms with Crippen LogP contribution in [0.15, 0.2) is 0 Å². The Morgan fingerprint density at radius 2 is 1.94 bits per heavy atom. The number of morpholine rings is 1. The molecular weight excluding hydrogens is 230 g/mol. The lowest BCUT2D eigenvalue weighted by Gasteiger charge is -2.29. The van der Waals surface area contributed by atoms with Crippen molar-refractivity contribution in [2.45, 2.75) is 13.8 Å². The molecule has 3 N–H and O–H groups in total. The van der Waals surface area contributed by atoms with Gasteiger partial charge in [-0.2, -0.15) is 12.7 Å². The van der Waals surface area contributed by atoms with Gasteiger partial charge in [-0.05, 0) is 12.0 Å². The maximum atomic E-state index is 11.9. The van der Waals surface area contributed by atoms with Crippen molar-refractivity contribution in [1.82, 2.24) is 9.03 Å². The third-order valence-electron chi connectivity index (χ3n) is 2.60. The van der Waals surface area contributed by atoms with E-state index in [4.69, 9.17) is 10.5 Å². The smallest absolute Gasteiger partial charge is 0.279 e. The van der Waals surface area contributed by atoms with Gasteiger partial charge in [-0.15, -0.1) is 0 Å². The minimum absolute atomic E-state index is 0.223. The molecule has 0 bridgehead atoms. The fourth-order valence-electron chi connectivity index (χ4n) is 1.24. The molecule has 0 aliphatic carbocycles. The zero-order chi connectivity index (χ0) is 12.2. The van der Waals surface area contributed by atoms with Gasteiger partial charge >= 0.3 is 0 Å². The molecule has 0 radical (unpaired) electrons. The Balaban J connectivity index is 2.51. The summed E-state index contributed by atoms with van der Waals surface area (Å²) in [6, 6.07) is 0. The van der Waals surface area contributed by atoms with Crippen molar-refractivity contribution in [2.75, 3.05) is 39.4 Å². The van der Waals surface area contributed by atoms with Gasteiger partial charge in [0.15, 0.2) is 0 Å². The maximum absolute atomic E-state index is 11.9. The van der Waals surface area contributed by atoms with Crippen LogP contribution in [0.2, 0.25) is 0 Å². The quantitative estimate of drug-likeness (QED) is 0.666. The molecule has 16 heavy (non-hydrogen) atoms. The van der Waals surface area contributed by atoms with Crippen molar-refractivity contribution >= 4 is 10.2 Å². The molecule has 0 atom stereocenters. The normalized spacial score (nSPS) is 19.9. The van der Waals surface area contributed by atoms with Crippen LogP contribution < -0.4 is 10.5 Å². The fraction of sp³-hybridized carbons (Fsp3) is 1.00. The zero-order valence-corrected chi connectivity index (χ0v) is 10.7. The van der Waals surface area contributed by atoms with Crippen molar-refractivity contribution < 1.29 is 13.2 Å². The van der Waals surface area contributed by atoms with Crippen molar-refractivity contribution in [1.29, 1.82) is 0 Å². The Bertz CT molecular complexity index is 310. The average Bonchev–Trinajstić information content (AvgIpc) is 2.28. The molecule has 0 aromatic rings. The largest absolute Gasteiger partial charge is 0.379 e. The highest BCUT2D eigenvalue weighted by Gasteiger charge is 2.26. The first kappa shape index (κ1) is 13.9. The SMILES string of the molecule is CC(C)(CN)CNS(=O)(=O)N1CCOCC1. The van der Waals surface area contributed by atoms with Gasteiger partial charge in [0, 0.05) is 19.6 Å². The second kappa shape index (κ2) is 5.42. The van der Waals surface area contributed by atoms with E-state index in [9.17, 15) is 8.42 Å². The van der Waals surface area contributed by atoms with E-state index in [0.29, 0.717) is 39.4 Å². The molecule has 1 fully saturated rings. The highest BCUT2D eigenvalue weighted by atomic mass is 32.2. The van der Waals surface area contributed by atoms with Gasteiger partial charge in [-0.3, -0.25) is 0 Å². The van der Waals surface area contributed by atoms with E-state index in [1.54, 1.807) is 0 Å². The maximum Gasteiger partial charge on any atom is 0.279 e. The predicted molar refractivity (Wildman–Crippen MR) is 62.1 cm³/mol. The second-order valence-corrected chi connectivity index (χ2v) is 6.46. The highest BCUT2D eigenvalue weighted by molar-refractivity contribution is 7.87. The van der Waals surface area contributed by atoms with Crippen LogP contribution in [-0.2, 0) is 14.9 Å². The first-order valence-corrected chi connectivity index (χ1v) is 6.84. The van der Waals surface area contributed by atoms with Gasteiger partial charge in [0.05, 0.1) is 13.2 Å². The van der Waals surface area contributed by atoms with E-state index in [0.717, 1.165) is 0 Å². The molecule has 96 valence electrons. The summed E-state index contributed by atoms with van der Waals surface area (Å²) in [7, 11) is -3.38. The lowest BCUT2D eigenvalue weighted by molar-refractivity contribution is 0.0723. The average molecular weight is 251 g/mol. The first-order valence-electron chi connectivity index (χ1n) is 5.40. The molecule has 1 aliphatic rings. The predicted octanol–water partition coefficient (Wildman–Crippen LogP) is -0.862. The summed E-state index contributed by atoms with van der Waals surface area (Å²) in [4.78, 5) is 0. The van der Waals surface area contributed by atoms with E-state index in [1.807, 2.05) is 13.8 Å². The van der Waals surface area contributed by atoms with Gasteiger partial charge in [0.25, 0.3) is 10.2 Å². The van der Waals surface area contributed by atoms with E-state index >= 15 is 0 Å². The molecular formula is C9H21N3O3S. The van der Waals surface area contributed by atoms with E-state index in [-0.39, 0.29) is 5.41 Å². The van der Waals surface area contributed by atoms with Crippen LogP contribution in [0, 0.1) is 5.41 Å². The van der Waals surface area contributed by atoms with Crippen LogP contribution in [0.3, 0.4) is 0 Å². The molecule has 0 unspecified atom stereocenters. The van der Waals surface area contributed by atoms with Gasteiger partial charge in [0.1, 0.15) is 0 Å². The Labute approximate surface area is 97.3 Å². The zero-order valence-electron chi connectivity index (χ0n) is 9.90. The molecule has 0 spiro atoms. The molecule has 0 saturated carbocycles. The summed E-state index contributed by atoms with van der Waals surface area (Å²) >= 11 is 0. The third kappa shape index (κ3) is 3.99. The van der Waals surface area contributed by atoms with Gasteiger partial charge < -0.3 is 10.5 Å². The highest BCUT2D eigenvalue weighted by Crippen LogP contribution is 2.12. The van der Waals surface area contributed by atoms with Crippen LogP contribution in [0.4, 0.5) is 0 Å². The minimum atomic E-state index is -3.38. The van der Waals surface area contributed by atoms with Crippen LogP contribution >= 0.6 is 0 Å². The minimum Gasteiger partial charge on any atom is -0.379 e. The molecule has 1 saturated heterocycles. The topological polar surface area (TPSA) is 84.7 Å². The molecule has 1 aliphatic heterocycles. The van der Waals surface area contributed by atoms with E-state index in [2.05, 4.69) is 4.72 Å². The number of nitrogens with one attached hydrogen (secondary N) is 1. The molecule has 0 aromatic heterocycles. The van der Waals surface area contributed by atoms with Gasteiger partial charge in [-0.1, -0.05) is 13.8 Å². The standard InChI is InChI=1S/C9H21N3O3S/c1-9(2,7-10)8-11-16(13,14)12-3-5-15-6-4-12/h11H,3-8,10H2,1-2H3. The number of rotatable bonds is 5. The molecule has 7 heteroatoms. The molecule has 0 aromatic carbocycles. The monoisotopic (exact) mass is 251 g/mol. The number of hydrogen-bond donors (Lipinski definition) is 2. The molecule has 1 rings (SSSR count). The Kier molecular flexibility index (Phi) is 4.69. The van der Waals surface area contributed by atoms with E-state index < -0.39 is 10.2 Å². The Hall–Kier alpha value is -0.210. The number of nitrogens with two attached hydrogens (primary N) is 1. The van der Waals surface area contributed by atoms with Gasteiger partial charge in [-0.25, -0.2) is 4.72 Å². The fourth-order valence-corrected chi connectivity index (χ4v) is 2.62. The summed E-state index contributed by atoms with van der Waals surface area (Å²) < 4.78 is 32.8. The summed E-state index contributed by atoms with van der Waals surface area (Å²) in [6.45, 7) is 6.39. The van der Waals surface area contributed by atoms with Crippen LogP contribution in [-0.4, -0.2) is 52.1 Å². The number of ether oxygens (including phenoxy) is 1. The summed E-state index contributed by atoms with van der Waals surface area (Å²) in [5.74, 6) is 0. The van der Waals surface area contributed by atoms with Crippen molar-refractivity contribution in [3.05, 3.63) is 0 Å². The number of hydrogen-bond acceptors (Lipinski definition) is 4. The molecule has 0 amide bonds. The van der Waals surface area contributed by atoms with Crippen molar-refractivity contribution in [3.63, 3.8) is 0 Å². The molecule has 1 heterocycles. The lowest BCUT2D eigenvalue weighted by atomic mass is 9.95. The molecule has 6 nitrogen and oxygen atoms in total. The summed E-state index contributed by atoms with van der Waals surface area (Å²) in [6.07, 6.45) is 0. The summed E-state index contributed by atoms with van der Waals surface area (Å²) in [5.41, 5.74) is 5.32. The first-order chi connectivity index (χ1) is 7.37. The van der Waals surface area contributed by atoms with Gasteiger partial charge in [0.2, 0.25) is 0 Å².